The molecule has 0 amide bonds. The minimum Gasteiger partial charge on any atom is -0.277 e. The third kappa shape index (κ3) is 4.09. The molecule has 2 aromatic carbocycles. The summed E-state index contributed by atoms with van der Waals surface area (Å²) in [5, 5.41) is 16.0. The molecule has 0 fully saturated rings. The van der Waals surface area contributed by atoms with Crippen LogP contribution in [0.4, 0.5) is 5.69 Å². The highest BCUT2D eigenvalue weighted by atomic mass is 79.9. The molecule has 1 N–H and O–H groups in total. The minimum absolute atomic E-state index is 0.254. The minimum atomic E-state index is 0.254. The van der Waals surface area contributed by atoms with Crippen LogP contribution in [-0.4, -0.2) is 10.7 Å². The fourth-order valence-corrected chi connectivity index (χ4v) is 3.36. The number of aromatic nitrogens is 1. The van der Waals surface area contributed by atoms with Gasteiger partial charge in [0.05, 0.1) is 11.4 Å². The number of nitrogens with one attached hydrogen (secondary N) is 1. The standard InChI is InChI=1S/C17H10Br2N4S/c18-12-4-6-14(7-5-12)22-23-15(9-20)17-21-16(10-24-17)11-2-1-3-13(19)8-11/h1-8,10,22H/b23-15+. The van der Waals surface area contributed by atoms with E-state index in [1.165, 1.54) is 11.3 Å². The summed E-state index contributed by atoms with van der Waals surface area (Å²) in [6, 6.07) is 17.5. The van der Waals surface area contributed by atoms with E-state index >= 15 is 0 Å². The predicted octanol–water partition coefficient (Wildman–Crippen LogP) is 5.67. The van der Waals surface area contributed by atoms with Crippen LogP contribution in [0.25, 0.3) is 11.3 Å². The molecule has 0 aliphatic rings. The number of rotatable bonds is 4. The Kier molecular flexibility index (Phi) is 5.41. The van der Waals surface area contributed by atoms with Crippen molar-refractivity contribution < 1.29 is 0 Å². The highest BCUT2D eigenvalue weighted by Gasteiger charge is 2.10. The predicted molar refractivity (Wildman–Crippen MR) is 105 cm³/mol. The summed E-state index contributed by atoms with van der Waals surface area (Å²) in [5.41, 5.74) is 5.75. The molecule has 0 aliphatic heterocycles. The smallest absolute Gasteiger partial charge is 0.196 e. The van der Waals surface area contributed by atoms with Gasteiger partial charge in [-0.05, 0) is 36.4 Å². The lowest BCUT2D eigenvalue weighted by Crippen LogP contribution is -2.01. The average molecular weight is 462 g/mol. The lowest BCUT2D eigenvalue weighted by atomic mass is 10.2. The lowest BCUT2D eigenvalue weighted by molar-refractivity contribution is 1.31. The summed E-state index contributed by atoms with van der Waals surface area (Å²) >= 11 is 8.22. The molecule has 0 aliphatic carbocycles. The number of benzene rings is 2. The topological polar surface area (TPSA) is 61.1 Å². The van der Waals surface area contributed by atoms with Crippen LogP contribution in [-0.2, 0) is 0 Å². The maximum atomic E-state index is 9.36. The van der Waals surface area contributed by atoms with Crippen molar-refractivity contribution in [2.75, 3.05) is 5.43 Å². The van der Waals surface area contributed by atoms with Crippen molar-refractivity contribution in [3.8, 4) is 17.3 Å². The molecule has 3 rings (SSSR count). The van der Waals surface area contributed by atoms with Crippen molar-refractivity contribution in [2.24, 2.45) is 5.10 Å². The average Bonchev–Trinajstić information content (AvgIpc) is 3.07. The molecule has 118 valence electrons. The van der Waals surface area contributed by atoms with Crippen LogP contribution in [0.2, 0.25) is 0 Å². The van der Waals surface area contributed by atoms with Gasteiger partial charge in [-0.25, -0.2) is 4.98 Å². The highest BCUT2D eigenvalue weighted by molar-refractivity contribution is 9.10. The van der Waals surface area contributed by atoms with Crippen LogP contribution in [0.3, 0.4) is 0 Å². The van der Waals surface area contributed by atoms with E-state index in [0.29, 0.717) is 5.01 Å². The van der Waals surface area contributed by atoms with Gasteiger partial charge in [0.15, 0.2) is 10.7 Å². The molecule has 0 saturated heterocycles. The van der Waals surface area contributed by atoms with Crippen molar-refractivity contribution in [2.45, 2.75) is 0 Å². The molecule has 0 radical (unpaired) electrons. The van der Waals surface area contributed by atoms with E-state index in [-0.39, 0.29) is 5.71 Å². The Bertz CT molecular complexity index is 926. The first-order valence-corrected chi connectivity index (χ1v) is 9.33. The molecular formula is C17H10Br2N4S. The van der Waals surface area contributed by atoms with Crippen LogP contribution in [0.15, 0.2) is 68.0 Å². The largest absolute Gasteiger partial charge is 0.277 e. The zero-order chi connectivity index (χ0) is 16.9. The highest BCUT2D eigenvalue weighted by Crippen LogP contribution is 2.25. The molecule has 1 heterocycles. The van der Waals surface area contributed by atoms with Gasteiger partial charge in [0.1, 0.15) is 6.07 Å². The molecule has 24 heavy (non-hydrogen) atoms. The number of halogens is 2. The number of nitriles is 1. The van der Waals surface area contributed by atoms with E-state index < -0.39 is 0 Å². The van der Waals surface area contributed by atoms with Crippen molar-refractivity contribution in [1.29, 1.82) is 5.26 Å². The first-order chi connectivity index (χ1) is 11.7. The number of anilines is 1. The van der Waals surface area contributed by atoms with Crippen molar-refractivity contribution in [1.82, 2.24) is 4.98 Å². The van der Waals surface area contributed by atoms with E-state index in [1.54, 1.807) is 0 Å². The SMILES string of the molecule is N#C/C(=N\Nc1ccc(Br)cc1)c1nc(-c2cccc(Br)c2)cs1. The summed E-state index contributed by atoms with van der Waals surface area (Å²) < 4.78 is 1.97. The summed E-state index contributed by atoms with van der Waals surface area (Å²) in [7, 11) is 0. The Hall–Kier alpha value is -2.01. The van der Waals surface area contributed by atoms with Crippen LogP contribution in [0, 0.1) is 11.3 Å². The lowest BCUT2D eigenvalue weighted by Gasteiger charge is -2.00. The summed E-state index contributed by atoms with van der Waals surface area (Å²) in [6.45, 7) is 0. The third-order valence-corrected chi connectivity index (χ3v) is 4.94. The van der Waals surface area contributed by atoms with Gasteiger partial charge in [-0.1, -0.05) is 44.0 Å². The Morgan fingerprint density at radius 1 is 1.12 bits per heavy atom. The molecule has 0 spiro atoms. The van der Waals surface area contributed by atoms with Gasteiger partial charge in [-0.3, -0.25) is 5.43 Å². The zero-order valence-electron chi connectivity index (χ0n) is 12.2. The van der Waals surface area contributed by atoms with Gasteiger partial charge in [0.2, 0.25) is 0 Å². The molecule has 4 nitrogen and oxygen atoms in total. The molecule has 1 aromatic heterocycles. The molecule has 7 heteroatoms. The second kappa shape index (κ2) is 7.71. The van der Waals surface area contributed by atoms with Crippen LogP contribution < -0.4 is 5.43 Å². The van der Waals surface area contributed by atoms with Gasteiger partial charge < -0.3 is 0 Å². The van der Waals surface area contributed by atoms with E-state index in [2.05, 4.69) is 53.4 Å². The number of hydrogen-bond donors (Lipinski definition) is 1. The van der Waals surface area contributed by atoms with E-state index in [1.807, 2.05) is 53.9 Å². The molecule has 3 aromatic rings. The first kappa shape index (κ1) is 16.8. The zero-order valence-corrected chi connectivity index (χ0v) is 16.2. The molecule has 0 saturated carbocycles. The molecule has 0 unspecified atom stereocenters. The van der Waals surface area contributed by atoms with Crippen LogP contribution in [0.5, 0.6) is 0 Å². The van der Waals surface area contributed by atoms with E-state index in [9.17, 15) is 5.26 Å². The molecule has 0 atom stereocenters. The van der Waals surface area contributed by atoms with Crippen molar-refractivity contribution in [3.63, 3.8) is 0 Å². The summed E-state index contributed by atoms with van der Waals surface area (Å²) in [6.07, 6.45) is 0. The number of nitrogens with zero attached hydrogens (tertiary/aromatic N) is 3. The van der Waals surface area contributed by atoms with Crippen LogP contribution in [0.1, 0.15) is 5.01 Å². The molecule has 0 bridgehead atoms. The third-order valence-electron chi connectivity index (χ3n) is 3.07. The van der Waals surface area contributed by atoms with Gasteiger partial charge >= 0.3 is 0 Å². The fourth-order valence-electron chi connectivity index (χ4n) is 1.93. The normalized spacial score (nSPS) is 11.1. The molecular weight excluding hydrogens is 452 g/mol. The second-order valence-electron chi connectivity index (χ2n) is 4.74. The van der Waals surface area contributed by atoms with Crippen LogP contribution >= 0.6 is 43.2 Å². The number of thiazole rings is 1. The number of hydrazone groups is 1. The second-order valence-corrected chi connectivity index (χ2v) is 7.43. The Morgan fingerprint density at radius 3 is 2.62 bits per heavy atom. The van der Waals surface area contributed by atoms with Gasteiger partial charge in [-0.2, -0.15) is 10.4 Å². The summed E-state index contributed by atoms with van der Waals surface area (Å²) in [5.74, 6) is 0. The Morgan fingerprint density at radius 2 is 1.92 bits per heavy atom. The summed E-state index contributed by atoms with van der Waals surface area (Å²) in [4.78, 5) is 4.52. The Labute approximate surface area is 160 Å². The maximum Gasteiger partial charge on any atom is 0.196 e. The van der Waals surface area contributed by atoms with Gasteiger partial charge in [0.25, 0.3) is 0 Å². The number of hydrogen-bond acceptors (Lipinski definition) is 5. The van der Waals surface area contributed by atoms with Gasteiger partial charge in [0, 0.05) is 19.9 Å². The Balaban J connectivity index is 1.83. The maximum absolute atomic E-state index is 9.36. The van der Waals surface area contributed by atoms with E-state index in [0.717, 1.165) is 25.9 Å². The van der Waals surface area contributed by atoms with Crippen molar-refractivity contribution >= 4 is 54.6 Å². The van der Waals surface area contributed by atoms with Gasteiger partial charge in [-0.15, -0.1) is 11.3 Å². The fraction of sp³-hybridized carbons (Fsp3) is 0. The van der Waals surface area contributed by atoms with E-state index in [4.69, 9.17) is 0 Å². The van der Waals surface area contributed by atoms with Crippen molar-refractivity contribution in [3.05, 3.63) is 67.9 Å². The monoisotopic (exact) mass is 460 g/mol. The first-order valence-electron chi connectivity index (χ1n) is 6.87. The quantitative estimate of drug-likeness (QED) is 0.401.